The number of aromatic hydroxyl groups is 1. The summed E-state index contributed by atoms with van der Waals surface area (Å²) in [5.41, 5.74) is 1.75. The predicted molar refractivity (Wildman–Crippen MR) is 147 cm³/mol. The molecule has 2 atom stereocenters. The Labute approximate surface area is 231 Å². The maximum atomic E-state index is 14.9. The zero-order chi connectivity index (χ0) is 28.0. The maximum Gasteiger partial charge on any atom is 0.318 e. The standard InChI is InChI=1S/C29H33F2N5O4/c1-3-21-22(31)6-5-17-11-20(37)13-24(25(17)21)36-15-23-26(28(36)38)27(35-7-4-9-39-10-8-35)33-29(32-23)40-16-19-12-18(30)14-34(19)2/h5-6,11,13,18-19,37H,3-4,7-10,12,14-16H2,1-2H3. The molecule has 3 aliphatic heterocycles. The zero-order valence-electron chi connectivity index (χ0n) is 22.7. The number of ether oxygens (including phenoxy) is 2. The van der Waals surface area contributed by atoms with Crippen LogP contribution in [0, 0.1) is 5.82 Å². The van der Waals surface area contributed by atoms with Gasteiger partial charge in [-0.05, 0) is 49.4 Å². The molecular formula is C29H33F2N5O4. The van der Waals surface area contributed by atoms with Crippen molar-refractivity contribution in [2.45, 2.75) is 44.9 Å². The van der Waals surface area contributed by atoms with E-state index in [0.29, 0.717) is 84.8 Å². The highest BCUT2D eigenvalue weighted by atomic mass is 19.1. The number of aromatic nitrogens is 2. The molecule has 0 saturated carbocycles. The van der Waals surface area contributed by atoms with Gasteiger partial charge in [0.2, 0.25) is 0 Å². The van der Waals surface area contributed by atoms with Crippen LogP contribution in [0.4, 0.5) is 20.3 Å². The summed E-state index contributed by atoms with van der Waals surface area (Å²) >= 11 is 0. The highest BCUT2D eigenvalue weighted by molar-refractivity contribution is 6.16. The molecule has 11 heteroatoms. The van der Waals surface area contributed by atoms with Crippen LogP contribution >= 0.6 is 0 Å². The molecule has 2 fully saturated rings. The number of hydrogen-bond acceptors (Lipinski definition) is 8. The molecular weight excluding hydrogens is 520 g/mol. The molecule has 1 N–H and O–H groups in total. The smallest absolute Gasteiger partial charge is 0.318 e. The van der Waals surface area contributed by atoms with Crippen molar-refractivity contribution in [1.29, 1.82) is 0 Å². The molecule has 2 aromatic carbocycles. The number of likely N-dealkylation sites (N-methyl/N-ethyl adjacent to an activating group) is 1. The number of benzene rings is 2. The summed E-state index contributed by atoms with van der Waals surface area (Å²) in [5.74, 6) is -0.241. The number of phenols is 1. The van der Waals surface area contributed by atoms with Gasteiger partial charge in [-0.2, -0.15) is 9.97 Å². The first-order valence-corrected chi connectivity index (χ1v) is 13.8. The number of anilines is 2. The van der Waals surface area contributed by atoms with Crippen molar-refractivity contribution in [3.8, 4) is 11.8 Å². The van der Waals surface area contributed by atoms with Gasteiger partial charge in [0.1, 0.15) is 35.7 Å². The maximum absolute atomic E-state index is 14.9. The molecule has 0 bridgehead atoms. The van der Waals surface area contributed by atoms with Gasteiger partial charge in [-0.1, -0.05) is 13.0 Å². The number of aryl methyl sites for hydroxylation is 1. The molecule has 9 nitrogen and oxygen atoms in total. The van der Waals surface area contributed by atoms with Gasteiger partial charge in [0.25, 0.3) is 5.91 Å². The third kappa shape index (κ3) is 4.81. The lowest BCUT2D eigenvalue weighted by atomic mass is 9.99. The topological polar surface area (TPSA) is 91.3 Å². The molecule has 0 spiro atoms. The number of likely N-dealkylation sites (tertiary alicyclic amines) is 1. The molecule has 2 unspecified atom stereocenters. The fourth-order valence-corrected chi connectivity index (χ4v) is 6.02. The van der Waals surface area contributed by atoms with Crippen LogP contribution in [0.1, 0.15) is 41.4 Å². The Bertz CT molecular complexity index is 1450. The van der Waals surface area contributed by atoms with Crippen molar-refractivity contribution < 1.29 is 28.2 Å². The van der Waals surface area contributed by atoms with Crippen LogP contribution in [0.15, 0.2) is 24.3 Å². The molecule has 3 aliphatic rings. The monoisotopic (exact) mass is 553 g/mol. The molecule has 2 saturated heterocycles. The van der Waals surface area contributed by atoms with Crippen LogP contribution in [-0.2, 0) is 17.7 Å². The van der Waals surface area contributed by atoms with Gasteiger partial charge >= 0.3 is 6.01 Å². The number of carbonyl (C=O) groups is 1. The second-order valence-electron chi connectivity index (χ2n) is 10.7. The summed E-state index contributed by atoms with van der Waals surface area (Å²) in [5, 5.41) is 11.7. The van der Waals surface area contributed by atoms with Crippen LogP contribution in [0.3, 0.4) is 0 Å². The quantitative estimate of drug-likeness (QED) is 0.493. The first kappa shape index (κ1) is 26.6. The molecule has 212 valence electrons. The van der Waals surface area contributed by atoms with E-state index in [2.05, 4.69) is 9.97 Å². The average Bonchev–Trinajstić information content (AvgIpc) is 3.29. The van der Waals surface area contributed by atoms with Gasteiger partial charge in [-0.15, -0.1) is 0 Å². The minimum atomic E-state index is -0.895. The van der Waals surface area contributed by atoms with Gasteiger partial charge in [-0.3, -0.25) is 9.69 Å². The van der Waals surface area contributed by atoms with Gasteiger partial charge in [-0.25, -0.2) is 8.78 Å². The minimum absolute atomic E-state index is 0.0215. The van der Waals surface area contributed by atoms with Gasteiger partial charge in [0.05, 0.1) is 24.5 Å². The number of halogens is 2. The molecule has 6 rings (SSSR count). The van der Waals surface area contributed by atoms with E-state index >= 15 is 0 Å². The summed E-state index contributed by atoms with van der Waals surface area (Å²) in [6, 6.07) is 6.09. The van der Waals surface area contributed by atoms with Crippen molar-refractivity contribution >= 4 is 28.2 Å². The van der Waals surface area contributed by atoms with Crippen molar-refractivity contribution in [2.75, 3.05) is 56.3 Å². The lowest BCUT2D eigenvalue weighted by molar-refractivity contribution is 0.0997. The Hall–Kier alpha value is -3.57. The summed E-state index contributed by atoms with van der Waals surface area (Å²) in [6.07, 6.45) is 0.675. The Morgan fingerprint density at radius 2 is 2.05 bits per heavy atom. The zero-order valence-corrected chi connectivity index (χ0v) is 22.7. The van der Waals surface area contributed by atoms with E-state index in [1.54, 1.807) is 12.1 Å². The van der Waals surface area contributed by atoms with Crippen LogP contribution in [-0.4, -0.2) is 84.6 Å². The van der Waals surface area contributed by atoms with E-state index in [1.807, 2.05) is 23.8 Å². The van der Waals surface area contributed by atoms with E-state index < -0.39 is 6.17 Å². The number of carbonyl (C=O) groups excluding carboxylic acids is 1. The number of hydrogen-bond donors (Lipinski definition) is 1. The third-order valence-electron chi connectivity index (χ3n) is 8.05. The number of rotatable bonds is 6. The minimum Gasteiger partial charge on any atom is -0.508 e. The van der Waals surface area contributed by atoms with Crippen molar-refractivity contribution in [1.82, 2.24) is 14.9 Å². The Balaban J connectivity index is 1.41. The first-order chi connectivity index (χ1) is 19.3. The molecule has 40 heavy (non-hydrogen) atoms. The number of alkyl halides is 1. The highest BCUT2D eigenvalue weighted by Crippen LogP contribution is 2.41. The van der Waals surface area contributed by atoms with Crippen LogP contribution in [0.25, 0.3) is 10.8 Å². The molecule has 4 heterocycles. The van der Waals surface area contributed by atoms with Crippen molar-refractivity contribution in [3.05, 3.63) is 46.9 Å². The molecule has 0 aliphatic carbocycles. The van der Waals surface area contributed by atoms with E-state index in [0.717, 1.165) is 6.42 Å². The SMILES string of the molecule is CCc1c(F)ccc2cc(O)cc(N3Cc4nc(OCC5CC(F)CN5C)nc(N5CCCOCC5)c4C3=O)c12. The van der Waals surface area contributed by atoms with E-state index in [4.69, 9.17) is 9.47 Å². The number of amides is 1. The first-order valence-electron chi connectivity index (χ1n) is 13.8. The van der Waals surface area contributed by atoms with E-state index in [1.165, 1.54) is 17.0 Å². The normalized spacial score (nSPS) is 21.8. The lowest BCUT2D eigenvalue weighted by Gasteiger charge is -2.24. The molecule has 1 aromatic heterocycles. The van der Waals surface area contributed by atoms with Crippen molar-refractivity contribution in [3.63, 3.8) is 0 Å². The van der Waals surface area contributed by atoms with Crippen LogP contribution < -0.4 is 14.5 Å². The van der Waals surface area contributed by atoms with E-state index in [9.17, 15) is 18.7 Å². The predicted octanol–water partition coefficient (Wildman–Crippen LogP) is 3.85. The summed E-state index contributed by atoms with van der Waals surface area (Å²) < 4.78 is 40.4. The fraction of sp³-hybridized carbons (Fsp3) is 0.483. The second kappa shape index (κ2) is 10.8. The average molecular weight is 554 g/mol. The largest absolute Gasteiger partial charge is 0.508 e. The summed E-state index contributed by atoms with van der Waals surface area (Å²) in [6.45, 7) is 4.86. The van der Waals surface area contributed by atoms with Gasteiger partial charge in [0, 0.05) is 43.7 Å². The lowest BCUT2D eigenvalue weighted by Crippen LogP contribution is -2.32. The molecule has 1 amide bonds. The summed E-state index contributed by atoms with van der Waals surface area (Å²) in [4.78, 5) is 28.8. The van der Waals surface area contributed by atoms with Gasteiger partial charge in [0.15, 0.2) is 0 Å². The Morgan fingerprint density at radius 3 is 2.83 bits per heavy atom. The third-order valence-corrected chi connectivity index (χ3v) is 8.05. The number of fused-ring (bicyclic) bond motifs is 2. The highest BCUT2D eigenvalue weighted by Gasteiger charge is 2.38. The van der Waals surface area contributed by atoms with E-state index in [-0.39, 0.29) is 42.7 Å². The van der Waals surface area contributed by atoms with Crippen LogP contribution in [0.2, 0.25) is 0 Å². The molecule has 3 aromatic rings. The fourth-order valence-electron chi connectivity index (χ4n) is 6.02. The van der Waals surface area contributed by atoms with Crippen molar-refractivity contribution in [2.24, 2.45) is 0 Å². The Kier molecular flexibility index (Phi) is 7.18. The summed E-state index contributed by atoms with van der Waals surface area (Å²) in [7, 11) is 1.86. The number of nitrogens with zero attached hydrogens (tertiary/aromatic N) is 5. The molecule has 0 radical (unpaired) electrons. The second-order valence-corrected chi connectivity index (χ2v) is 10.7. The Morgan fingerprint density at radius 1 is 1.20 bits per heavy atom. The van der Waals surface area contributed by atoms with Gasteiger partial charge < -0.3 is 24.4 Å². The number of phenolic OH excluding ortho intramolecular Hbond substituents is 1. The van der Waals surface area contributed by atoms with Crippen LogP contribution in [0.5, 0.6) is 11.8 Å².